The lowest BCUT2D eigenvalue weighted by Gasteiger charge is -1.95. The maximum atomic E-state index is 11.9. The first-order chi connectivity index (χ1) is 8.76. The molecule has 1 aliphatic rings. The van der Waals surface area contributed by atoms with E-state index in [2.05, 4.69) is 30.7 Å². The quantitative estimate of drug-likeness (QED) is 0.755. The molecule has 0 aliphatic heterocycles. The van der Waals surface area contributed by atoms with Crippen molar-refractivity contribution in [3.8, 4) is 0 Å². The molecule has 3 N–H and O–H groups in total. The number of hydrogen-bond donors (Lipinski definition) is 3. The number of carbonyl (C=O) groups is 1. The number of nitrogens with one attached hydrogen (secondary N) is 3. The van der Waals surface area contributed by atoms with E-state index in [-0.39, 0.29) is 5.91 Å². The third-order valence-corrected chi connectivity index (χ3v) is 2.94. The van der Waals surface area contributed by atoms with Crippen molar-refractivity contribution >= 4 is 11.9 Å². The molecule has 7 heteroatoms. The molecule has 0 saturated heterocycles. The number of aryl methyl sites for hydroxylation is 1. The predicted molar refractivity (Wildman–Crippen MR) is 64.3 cm³/mol. The van der Waals surface area contributed by atoms with E-state index in [9.17, 15) is 4.79 Å². The van der Waals surface area contributed by atoms with Crippen LogP contribution in [0.3, 0.4) is 0 Å². The van der Waals surface area contributed by atoms with Gasteiger partial charge in [-0.3, -0.25) is 20.3 Å². The van der Waals surface area contributed by atoms with E-state index in [0.717, 1.165) is 30.8 Å². The van der Waals surface area contributed by atoms with E-state index in [1.165, 1.54) is 0 Å². The highest BCUT2D eigenvalue weighted by Crippen LogP contribution is 2.38. The molecule has 2 heterocycles. The zero-order chi connectivity index (χ0) is 12.5. The lowest BCUT2D eigenvalue weighted by Crippen LogP contribution is -2.13. The second-order valence-electron chi connectivity index (χ2n) is 4.40. The summed E-state index contributed by atoms with van der Waals surface area (Å²) in [4.78, 5) is 16.1. The first-order valence-electron chi connectivity index (χ1n) is 6.04. The van der Waals surface area contributed by atoms with E-state index in [1.54, 1.807) is 6.07 Å². The summed E-state index contributed by atoms with van der Waals surface area (Å²) in [7, 11) is 0. The fraction of sp³-hybridized carbons (Fsp3) is 0.455. The van der Waals surface area contributed by atoms with Gasteiger partial charge in [-0.2, -0.15) is 10.1 Å². The van der Waals surface area contributed by atoms with Crippen molar-refractivity contribution in [1.82, 2.24) is 25.4 Å². The molecule has 0 radical (unpaired) electrons. The van der Waals surface area contributed by atoms with Crippen molar-refractivity contribution in [2.75, 3.05) is 5.32 Å². The van der Waals surface area contributed by atoms with Crippen LogP contribution >= 0.6 is 0 Å². The molecule has 1 saturated carbocycles. The number of amides is 1. The molecular weight excluding hydrogens is 232 g/mol. The second kappa shape index (κ2) is 4.25. The third-order valence-electron chi connectivity index (χ3n) is 2.94. The Morgan fingerprint density at radius 3 is 2.94 bits per heavy atom. The van der Waals surface area contributed by atoms with E-state index in [1.807, 2.05) is 6.92 Å². The molecule has 0 atom stereocenters. The van der Waals surface area contributed by atoms with Crippen molar-refractivity contribution in [3.63, 3.8) is 0 Å². The fourth-order valence-corrected chi connectivity index (χ4v) is 1.69. The molecular formula is C11H14N6O. The second-order valence-corrected chi connectivity index (χ2v) is 4.40. The zero-order valence-electron chi connectivity index (χ0n) is 10.0. The van der Waals surface area contributed by atoms with Crippen LogP contribution in [0, 0.1) is 0 Å². The smallest absolute Gasteiger partial charge is 0.278 e. The molecule has 7 nitrogen and oxygen atoms in total. The summed E-state index contributed by atoms with van der Waals surface area (Å²) in [5.41, 5.74) is 1.28. The van der Waals surface area contributed by atoms with E-state index >= 15 is 0 Å². The normalized spacial score (nSPS) is 14.7. The lowest BCUT2D eigenvalue weighted by molar-refractivity contribution is 0.102. The highest BCUT2D eigenvalue weighted by Gasteiger charge is 2.27. The maximum absolute atomic E-state index is 11.9. The first kappa shape index (κ1) is 10.9. The minimum absolute atomic E-state index is 0.299. The van der Waals surface area contributed by atoms with Crippen molar-refractivity contribution in [1.29, 1.82) is 0 Å². The summed E-state index contributed by atoms with van der Waals surface area (Å²) in [6, 6.07) is 1.73. The number of hydrogen-bond acceptors (Lipinski definition) is 4. The minimum Gasteiger partial charge on any atom is -0.288 e. The van der Waals surface area contributed by atoms with Gasteiger partial charge in [0.05, 0.1) is 0 Å². The SMILES string of the molecule is CCc1cc(C(=O)Nc2n[nH]c(C3CC3)n2)n[nH]1. The van der Waals surface area contributed by atoms with Crippen LogP contribution in [0.25, 0.3) is 0 Å². The maximum Gasteiger partial charge on any atom is 0.278 e. The Hall–Kier alpha value is -2.18. The largest absolute Gasteiger partial charge is 0.288 e. The average Bonchev–Trinajstić information content (AvgIpc) is 2.93. The number of H-pyrrole nitrogens is 2. The lowest BCUT2D eigenvalue weighted by atomic mass is 10.3. The van der Waals surface area contributed by atoms with Gasteiger partial charge in [0.1, 0.15) is 5.82 Å². The summed E-state index contributed by atoms with van der Waals surface area (Å²) < 4.78 is 0. The van der Waals surface area contributed by atoms with Crippen molar-refractivity contribution in [3.05, 3.63) is 23.3 Å². The Morgan fingerprint density at radius 2 is 2.28 bits per heavy atom. The monoisotopic (exact) mass is 246 g/mol. The van der Waals surface area contributed by atoms with Crippen LogP contribution in [0.4, 0.5) is 5.95 Å². The Kier molecular flexibility index (Phi) is 2.58. The van der Waals surface area contributed by atoms with Gasteiger partial charge in [0.2, 0.25) is 5.95 Å². The number of aromatic nitrogens is 5. The van der Waals surface area contributed by atoms with Crippen LogP contribution in [0.2, 0.25) is 0 Å². The summed E-state index contributed by atoms with van der Waals surface area (Å²) >= 11 is 0. The molecule has 0 unspecified atom stereocenters. The summed E-state index contributed by atoms with van der Waals surface area (Å²) in [6.07, 6.45) is 3.09. The topological polar surface area (TPSA) is 99.3 Å². The van der Waals surface area contributed by atoms with Gasteiger partial charge < -0.3 is 0 Å². The summed E-state index contributed by atoms with van der Waals surface area (Å²) in [6.45, 7) is 1.99. The van der Waals surface area contributed by atoms with Crippen LogP contribution in [0.1, 0.15) is 47.7 Å². The van der Waals surface area contributed by atoms with Crippen LogP contribution in [0.5, 0.6) is 0 Å². The highest BCUT2D eigenvalue weighted by atomic mass is 16.2. The average molecular weight is 246 g/mol. The molecule has 1 fully saturated rings. The van der Waals surface area contributed by atoms with Gasteiger partial charge in [-0.05, 0) is 25.3 Å². The number of rotatable bonds is 4. The van der Waals surface area contributed by atoms with E-state index in [0.29, 0.717) is 17.6 Å². The molecule has 3 rings (SSSR count). The summed E-state index contributed by atoms with van der Waals surface area (Å²) in [5, 5.41) is 16.2. The Bertz CT molecular complexity index is 568. The molecule has 0 aromatic carbocycles. The predicted octanol–water partition coefficient (Wildman–Crippen LogP) is 1.22. The Morgan fingerprint density at radius 1 is 1.44 bits per heavy atom. The molecule has 0 bridgehead atoms. The van der Waals surface area contributed by atoms with Gasteiger partial charge in [0, 0.05) is 11.6 Å². The van der Waals surface area contributed by atoms with Gasteiger partial charge in [-0.1, -0.05) is 6.92 Å². The first-order valence-corrected chi connectivity index (χ1v) is 6.04. The minimum atomic E-state index is -0.299. The van der Waals surface area contributed by atoms with Gasteiger partial charge in [0.25, 0.3) is 5.91 Å². The number of aromatic amines is 2. The van der Waals surface area contributed by atoms with Crippen molar-refractivity contribution < 1.29 is 4.79 Å². The van der Waals surface area contributed by atoms with Crippen LogP contribution in [0.15, 0.2) is 6.07 Å². The Balaban J connectivity index is 1.68. The van der Waals surface area contributed by atoms with Gasteiger partial charge >= 0.3 is 0 Å². The molecule has 1 aliphatic carbocycles. The van der Waals surface area contributed by atoms with Crippen LogP contribution in [-0.4, -0.2) is 31.3 Å². The fourth-order valence-electron chi connectivity index (χ4n) is 1.69. The summed E-state index contributed by atoms with van der Waals surface area (Å²) in [5.74, 6) is 1.34. The number of anilines is 1. The van der Waals surface area contributed by atoms with Gasteiger partial charge in [-0.15, -0.1) is 5.10 Å². The van der Waals surface area contributed by atoms with E-state index in [4.69, 9.17) is 0 Å². The van der Waals surface area contributed by atoms with Crippen molar-refractivity contribution in [2.24, 2.45) is 0 Å². The Labute approximate surface area is 103 Å². The van der Waals surface area contributed by atoms with Crippen LogP contribution < -0.4 is 5.32 Å². The van der Waals surface area contributed by atoms with Crippen molar-refractivity contribution in [2.45, 2.75) is 32.1 Å². The molecule has 0 spiro atoms. The molecule has 2 aromatic rings. The molecule has 2 aromatic heterocycles. The number of carbonyl (C=O) groups excluding carboxylic acids is 1. The third kappa shape index (κ3) is 2.11. The standard InChI is InChI=1S/C11H14N6O/c1-2-7-5-8(15-14-7)10(18)13-11-12-9(16-17-11)6-3-4-6/h5-6H,2-4H2,1H3,(H,14,15)(H2,12,13,16,17,18). The van der Waals surface area contributed by atoms with E-state index < -0.39 is 0 Å². The molecule has 94 valence electrons. The highest BCUT2D eigenvalue weighted by molar-refractivity contribution is 6.01. The molecule has 1 amide bonds. The zero-order valence-corrected chi connectivity index (χ0v) is 10.0. The number of nitrogens with zero attached hydrogens (tertiary/aromatic N) is 3. The van der Waals surface area contributed by atoms with Crippen LogP contribution in [-0.2, 0) is 6.42 Å². The van der Waals surface area contributed by atoms with Gasteiger partial charge in [0.15, 0.2) is 5.69 Å². The molecule has 18 heavy (non-hydrogen) atoms. The van der Waals surface area contributed by atoms with Gasteiger partial charge in [-0.25, -0.2) is 0 Å².